The van der Waals surface area contributed by atoms with E-state index in [1.165, 1.54) is 11.1 Å². The Morgan fingerprint density at radius 1 is 1.47 bits per heavy atom. The number of halogens is 1. The lowest BCUT2D eigenvalue weighted by Crippen LogP contribution is -2.30. The molecule has 0 aliphatic carbocycles. The van der Waals surface area contributed by atoms with Gasteiger partial charge >= 0.3 is 5.97 Å². The maximum Gasteiger partial charge on any atom is 0.308 e. The Labute approximate surface area is 103 Å². The number of pyridine rings is 1. The van der Waals surface area contributed by atoms with E-state index in [4.69, 9.17) is 16.7 Å². The van der Waals surface area contributed by atoms with Gasteiger partial charge in [0.15, 0.2) is 0 Å². The van der Waals surface area contributed by atoms with E-state index < -0.39 is 11.9 Å². The number of amides is 1. The van der Waals surface area contributed by atoms with Crippen LogP contribution in [0, 0.1) is 5.92 Å². The lowest BCUT2D eigenvalue weighted by molar-refractivity contribution is -0.141. The van der Waals surface area contributed by atoms with Gasteiger partial charge in [0.2, 0.25) is 0 Å². The summed E-state index contributed by atoms with van der Waals surface area (Å²) in [6.45, 7) is 0.707. The molecule has 1 aromatic heterocycles. The summed E-state index contributed by atoms with van der Waals surface area (Å²) >= 11 is 5.68. The summed E-state index contributed by atoms with van der Waals surface area (Å²) in [4.78, 5) is 28.2. The monoisotopic (exact) mass is 254 g/mol. The summed E-state index contributed by atoms with van der Waals surface area (Å²) in [6, 6.07) is 3.13. The van der Waals surface area contributed by atoms with E-state index in [9.17, 15) is 9.59 Å². The van der Waals surface area contributed by atoms with Crippen molar-refractivity contribution in [2.45, 2.75) is 6.42 Å². The summed E-state index contributed by atoms with van der Waals surface area (Å²) in [7, 11) is 0. The molecule has 1 aromatic rings. The van der Waals surface area contributed by atoms with Crippen LogP contribution in [0.5, 0.6) is 0 Å². The van der Waals surface area contributed by atoms with Gasteiger partial charge in [0, 0.05) is 19.3 Å². The Morgan fingerprint density at radius 2 is 2.24 bits per heavy atom. The van der Waals surface area contributed by atoms with E-state index in [1.807, 2.05) is 0 Å². The van der Waals surface area contributed by atoms with Crippen LogP contribution in [0.4, 0.5) is 0 Å². The van der Waals surface area contributed by atoms with Crippen LogP contribution in [0.3, 0.4) is 0 Å². The van der Waals surface area contributed by atoms with E-state index >= 15 is 0 Å². The summed E-state index contributed by atoms with van der Waals surface area (Å²) in [5.41, 5.74) is 0.292. The maximum absolute atomic E-state index is 12.0. The van der Waals surface area contributed by atoms with Crippen molar-refractivity contribution in [1.29, 1.82) is 0 Å². The van der Waals surface area contributed by atoms with Gasteiger partial charge in [-0.15, -0.1) is 0 Å². The standard InChI is InChI=1S/C11H11ClN2O3/c12-8-1-2-9(13-5-8)10(15)14-4-3-7(6-14)11(16)17/h1-2,5,7H,3-4,6H2,(H,16,17)/t7-/m0/s1. The van der Waals surface area contributed by atoms with Crippen LogP contribution in [0.2, 0.25) is 5.02 Å². The summed E-state index contributed by atoms with van der Waals surface area (Å²) in [5.74, 6) is -1.57. The number of rotatable bonds is 2. The third kappa shape index (κ3) is 2.55. The SMILES string of the molecule is O=C(O)[C@H]1CCN(C(=O)c2ccc(Cl)cn2)C1. The Balaban J connectivity index is 2.07. The Kier molecular flexibility index (Phi) is 3.28. The highest BCUT2D eigenvalue weighted by atomic mass is 35.5. The van der Waals surface area contributed by atoms with Gasteiger partial charge in [-0.2, -0.15) is 0 Å². The molecule has 2 heterocycles. The average Bonchev–Trinajstić information content (AvgIpc) is 2.78. The number of carboxylic acid groups (broad SMARTS) is 1. The fourth-order valence-electron chi connectivity index (χ4n) is 1.81. The molecule has 5 nitrogen and oxygen atoms in total. The first-order valence-corrected chi connectivity index (χ1v) is 5.59. The lowest BCUT2D eigenvalue weighted by Gasteiger charge is -2.14. The summed E-state index contributed by atoms with van der Waals surface area (Å²) in [6.07, 6.45) is 1.90. The Morgan fingerprint density at radius 3 is 2.76 bits per heavy atom. The van der Waals surface area contributed by atoms with Gasteiger partial charge in [0.05, 0.1) is 10.9 Å². The van der Waals surface area contributed by atoms with Gasteiger partial charge in [-0.05, 0) is 18.6 Å². The molecule has 1 aliphatic rings. The second kappa shape index (κ2) is 4.71. The van der Waals surface area contributed by atoms with Gasteiger partial charge in [0.25, 0.3) is 5.91 Å². The molecule has 0 aromatic carbocycles. The van der Waals surface area contributed by atoms with Crippen LogP contribution >= 0.6 is 11.6 Å². The number of hydrogen-bond acceptors (Lipinski definition) is 3. The molecular formula is C11H11ClN2O3. The summed E-state index contributed by atoms with van der Waals surface area (Å²) in [5, 5.41) is 9.31. The highest BCUT2D eigenvalue weighted by Crippen LogP contribution is 2.18. The molecular weight excluding hydrogens is 244 g/mol. The van der Waals surface area contributed by atoms with Crippen molar-refractivity contribution in [2.75, 3.05) is 13.1 Å². The van der Waals surface area contributed by atoms with Crippen LogP contribution < -0.4 is 0 Å². The van der Waals surface area contributed by atoms with E-state index in [1.54, 1.807) is 12.1 Å². The summed E-state index contributed by atoms with van der Waals surface area (Å²) < 4.78 is 0. The van der Waals surface area contributed by atoms with Gasteiger partial charge in [-0.25, -0.2) is 4.98 Å². The third-order valence-electron chi connectivity index (χ3n) is 2.77. The van der Waals surface area contributed by atoms with Gasteiger partial charge < -0.3 is 10.0 Å². The van der Waals surface area contributed by atoms with Gasteiger partial charge in [-0.1, -0.05) is 11.6 Å². The topological polar surface area (TPSA) is 70.5 Å². The predicted octanol–water partition coefficient (Wildman–Crippen LogP) is 1.28. The fourth-order valence-corrected chi connectivity index (χ4v) is 1.92. The second-order valence-corrected chi connectivity index (χ2v) is 4.37. The molecule has 1 fully saturated rings. The zero-order valence-electron chi connectivity index (χ0n) is 8.97. The van der Waals surface area contributed by atoms with Crippen molar-refractivity contribution in [3.05, 3.63) is 29.0 Å². The van der Waals surface area contributed by atoms with Gasteiger partial charge in [0.1, 0.15) is 5.69 Å². The van der Waals surface area contributed by atoms with Crippen molar-refractivity contribution in [2.24, 2.45) is 5.92 Å². The predicted molar refractivity (Wildman–Crippen MR) is 60.9 cm³/mol. The van der Waals surface area contributed by atoms with Crippen LogP contribution in [0.25, 0.3) is 0 Å². The van der Waals surface area contributed by atoms with Crippen molar-refractivity contribution in [3.8, 4) is 0 Å². The normalized spacial score (nSPS) is 19.4. The van der Waals surface area contributed by atoms with E-state index in [0.717, 1.165) is 0 Å². The number of hydrogen-bond donors (Lipinski definition) is 1. The van der Waals surface area contributed by atoms with Crippen LogP contribution in [0.15, 0.2) is 18.3 Å². The quantitative estimate of drug-likeness (QED) is 0.863. The maximum atomic E-state index is 12.0. The first kappa shape index (κ1) is 11.9. The molecule has 1 saturated heterocycles. The Bertz CT molecular complexity index is 447. The smallest absolute Gasteiger partial charge is 0.308 e. The second-order valence-electron chi connectivity index (χ2n) is 3.94. The zero-order chi connectivity index (χ0) is 12.4. The molecule has 0 saturated carbocycles. The van der Waals surface area contributed by atoms with E-state index in [2.05, 4.69) is 4.98 Å². The molecule has 90 valence electrons. The lowest BCUT2D eigenvalue weighted by atomic mass is 10.1. The molecule has 0 unspecified atom stereocenters. The number of carboxylic acids is 1. The number of nitrogens with zero attached hydrogens (tertiary/aromatic N) is 2. The van der Waals surface area contributed by atoms with E-state index in [-0.39, 0.29) is 12.5 Å². The zero-order valence-corrected chi connectivity index (χ0v) is 9.72. The van der Waals surface area contributed by atoms with Crippen molar-refractivity contribution in [1.82, 2.24) is 9.88 Å². The molecule has 2 rings (SSSR count). The minimum Gasteiger partial charge on any atom is -0.481 e. The van der Waals surface area contributed by atoms with Crippen LogP contribution in [-0.2, 0) is 4.79 Å². The highest BCUT2D eigenvalue weighted by molar-refractivity contribution is 6.30. The molecule has 1 atom stereocenters. The number of carbonyl (C=O) groups is 2. The average molecular weight is 255 g/mol. The molecule has 0 bridgehead atoms. The molecule has 1 aliphatic heterocycles. The Hall–Kier alpha value is -1.62. The first-order chi connectivity index (χ1) is 8.08. The number of aromatic nitrogens is 1. The minimum absolute atomic E-state index is 0.245. The first-order valence-electron chi connectivity index (χ1n) is 5.21. The number of aliphatic carboxylic acids is 1. The van der Waals surface area contributed by atoms with Crippen molar-refractivity contribution in [3.63, 3.8) is 0 Å². The number of likely N-dealkylation sites (tertiary alicyclic amines) is 1. The van der Waals surface area contributed by atoms with Gasteiger partial charge in [-0.3, -0.25) is 9.59 Å². The van der Waals surface area contributed by atoms with Crippen LogP contribution in [0.1, 0.15) is 16.9 Å². The molecule has 17 heavy (non-hydrogen) atoms. The molecule has 1 amide bonds. The molecule has 0 radical (unpaired) electrons. The highest BCUT2D eigenvalue weighted by Gasteiger charge is 2.31. The van der Waals surface area contributed by atoms with Crippen molar-refractivity contribution >= 4 is 23.5 Å². The largest absolute Gasteiger partial charge is 0.481 e. The molecule has 0 spiro atoms. The van der Waals surface area contributed by atoms with E-state index in [0.29, 0.717) is 23.7 Å². The third-order valence-corrected chi connectivity index (χ3v) is 2.99. The van der Waals surface area contributed by atoms with Crippen molar-refractivity contribution < 1.29 is 14.7 Å². The van der Waals surface area contributed by atoms with Crippen LogP contribution in [-0.4, -0.2) is 40.0 Å². The minimum atomic E-state index is -0.857. The molecule has 1 N–H and O–H groups in total. The molecule has 6 heteroatoms. The number of carbonyl (C=O) groups excluding carboxylic acids is 1. The fraction of sp³-hybridized carbons (Fsp3) is 0.364.